The summed E-state index contributed by atoms with van der Waals surface area (Å²) in [6, 6.07) is 3.53. The van der Waals surface area contributed by atoms with Crippen molar-refractivity contribution in [3.63, 3.8) is 0 Å². The van der Waals surface area contributed by atoms with E-state index in [4.69, 9.17) is 5.73 Å². The van der Waals surface area contributed by atoms with Crippen molar-refractivity contribution in [3.05, 3.63) is 27.7 Å². The number of sulfonamides is 1. The fourth-order valence-corrected chi connectivity index (χ4v) is 3.94. The maximum Gasteiger partial charge on any atom is 0.243 e. The second kappa shape index (κ2) is 7.02. The highest BCUT2D eigenvalue weighted by molar-refractivity contribution is 9.10. The molecule has 0 atom stereocenters. The van der Waals surface area contributed by atoms with Crippen molar-refractivity contribution in [2.24, 2.45) is 11.7 Å². The van der Waals surface area contributed by atoms with E-state index in [1.54, 1.807) is 20.0 Å². The first-order valence-corrected chi connectivity index (χ1v) is 8.88. The molecule has 0 heterocycles. The molecule has 0 aliphatic heterocycles. The van der Waals surface area contributed by atoms with Crippen LogP contribution >= 0.6 is 15.9 Å². The van der Waals surface area contributed by atoms with Crippen molar-refractivity contribution in [1.82, 2.24) is 4.31 Å². The third-order valence-corrected chi connectivity index (χ3v) is 6.11. The van der Waals surface area contributed by atoms with Crippen LogP contribution in [0.2, 0.25) is 0 Å². The third kappa shape index (κ3) is 4.04. The van der Waals surface area contributed by atoms with E-state index in [2.05, 4.69) is 29.8 Å². The molecule has 4 nitrogen and oxygen atoms in total. The number of hydrogen-bond donors (Lipinski definition) is 1. The van der Waals surface area contributed by atoms with Gasteiger partial charge < -0.3 is 5.73 Å². The van der Waals surface area contributed by atoms with Crippen molar-refractivity contribution in [2.75, 3.05) is 13.6 Å². The maximum absolute atomic E-state index is 12.7. The smallest absolute Gasteiger partial charge is 0.243 e. The number of rotatable bonds is 6. The predicted octanol–water partition coefficient (Wildman–Crippen LogP) is 2.88. The summed E-state index contributed by atoms with van der Waals surface area (Å²) in [6.45, 7) is 6.79. The zero-order chi connectivity index (χ0) is 15.5. The van der Waals surface area contributed by atoms with E-state index in [9.17, 15) is 8.42 Å². The number of nitrogens with zero attached hydrogens (tertiary/aromatic N) is 1. The van der Waals surface area contributed by atoms with Gasteiger partial charge in [-0.15, -0.1) is 0 Å². The molecule has 0 aromatic heterocycles. The monoisotopic (exact) mass is 362 g/mol. The summed E-state index contributed by atoms with van der Waals surface area (Å²) in [4.78, 5) is 0.332. The van der Waals surface area contributed by atoms with Crippen LogP contribution < -0.4 is 5.73 Å². The normalized spacial score (nSPS) is 12.4. The zero-order valence-electron chi connectivity index (χ0n) is 12.5. The second-order valence-corrected chi connectivity index (χ2v) is 8.28. The summed E-state index contributed by atoms with van der Waals surface area (Å²) in [5.74, 6) is 0.468. The summed E-state index contributed by atoms with van der Waals surface area (Å²) in [5, 5.41) is 0. The molecule has 0 bridgehead atoms. The van der Waals surface area contributed by atoms with Gasteiger partial charge in [-0.25, -0.2) is 12.7 Å². The van der Waals surface area contributed by atoms with Crippen LogP contribution in [-0.4, -0.2) is 26.3 Å². The van der Waals surface area contributed by atoms with Crippen LogP contribution in [0.4, 0.5) is 0 Å². The maximum atomic E-state index is 12.7. The Morgan fingerprint density at radius 3 is 2.45 bits per heavy atom. The van der Waals surface area contributed by atoms with Gasteiger partial charge in [0.2, 0.25) is 10.0 Å². The Hall–Kier alpha value is -0.430. The lowest BCUT2D eigenvalue weighted by Gasteiger charge is -2.20. The zero-order valence-corrected chi connectivity index (χ0v) is 14.9. The molecule has 1 aromatic carbocycles. The number of benzene rings is 1. The van der Waals surface area contributed by atoms with Crippen molar-refractivity contribution in [2.45, 2.75) is 38.6 Å². The third-order valence-electron chi connectivity index (χ3n) is 3.30. The summed E-state index contributed by atoms with van der Waals surface area (Å²) >= 11 is 3.40. The topological polar surface area (TPSA) is 63.4 Å². The molecule has 0 unspecified atom stereocenters. The quantitative estimate of drug-likeness (QED) is 0.845. The fraction of sp³-hybridized carbons (Fsp3) is 0.571. The Kier molecular flexibility index (Phi) is 6.19. The first-order chi connectivity index (χ1) is 9.20. The van der Waals surface area contributed by atoms with Crippen molar-refractivity contribution >= 4 is 26.0 Å². The van der Waals surface area contributed by atoms with Gasteiger partial charge in [0, 0.05) is 24.6 Å². The van der Waals surface area contributed by atoms with E-state index in [1.807, 2.05) is 6.07 Å². The summed E-state index contributed by atoms with van der Waals surface area (Å²) in [7, 11) is -1.85. The molecule has 6 heteroatoms. The lowest BCUT2D eigenvalue weighted by molar-refractivity contribution is 0.427. The molecule has 1 aromatic rings. The molecule has 0 fully saturated rings. The summed E-state index contributed by atoms with van der Waals surface area (Å²) in [5.41, 5.74) is 7.15. The van der Waals surface area contributed by atoms with Crippen LogP contribution in [0.3, 0.4) is 0 Å². The molecule has 0 amide bonds. The van der Waals surface area contributed by atoms with Gasteiger partial charge in [0.15, 0.2) is 0 Å². The molecule has 1 rings (SSSR count). The van der Waals surface area contributed by atoms with Gasteiger partial charge in [-0.2, -0.15) is 0 Å². The Morgan fingerprint density at radius 1 is 1.35 bits per heavy atom. The van der Waals surface area contributed by atoms with Crippen molar-refractivity contribution in [3.8, 4) is 0 Å². The molecule has 0 saturated carbocycles. The lowest BCUT2D eigenvalue weighted by atomic mass is 10.1. The second-order valence-electron chi connectivity index (χ2n) is 5.41. The molecule has 0 aliphatic carbocycles. The highest BCUT2D eigenvalue weighted by Gasteiger charge is 2.24. The minimum Gasteiger partial charge on any atom is -0.326 e. The SMILES string of the molecule is Cc1c(Br)cc(CN)cc1S(=O)(=O)N(C)CCC(C)C. The Bertz CT molecular complexity index is 571. The highest BCUT2D eigenvalue weighted by atomic mass is 79.9. The average molecular weight is 363 g/mol. The predicted molar refractivity (Wildman–Crippen MR) is 86.0 cm³/mol. The Labute approximate surface area is 130 Å². The van der Waals surface area contributed by atoms with E-state index in [0.717, 1.165) is 22.0 Å². The molecule has 2 N–H and O–H groups in total. The van der Waals surface area contributed by atoms with Crippen LogP contribution in [0.15, 0.2) is 21.5 Å². The minimum absolute atomic E-state index is 0.317. The first-order valence-electron chi connectivity index (χ1n) is 6.65. The van der Waals surface area contributed by atoms with E-state index >= 15 is 0 Å². The van der Waals surface area contributed by atoms with Gasteiger partial charge in [-0.3, -0.25) is 0 Å². The standard InChI is InChI=1S/C14H23BrN2O2S/c1-10(2)5-6-17(4)20(18,19)14-8-12(9-16)7-13(15)11(14)3/h7-8,10H,5-6,9,16H2,1-4H3. The number of halogens is 1. The largest absolute Gasteiger partial charge is 0.326 e. The van der Waals surface area contributed by atoms with E-state index in [1.165, 1.54) is 4.31 Å². The molecule has 0 spiro atoms. The minimum atomic E-state index is -3.47. The molecular weight excluding hydrogens is 340 g/mol. The summed E-state index contributed by atoms with van der Waals surface area (Å²) in [6.07, 6.45) is 0.840. The van der Waals surface area contributed by atoms with Gasteiger partial charge in [-0.05, 0) is 42.5 Å². The van der Waals surface area contributed by atoms with Crippen LogP contribution in [0.1, 0.15) is 31.4 Å². The first kappa shape index (κ1) is 17.6. The lowest BCUT2D eigenvalue weighted by Crippen LogP contribution is -2.29. The Morgan fingerprint density at radius 2 is 1.95 bits per heavy atom. The van der Waals surface area contributed by atoms with E-state index in [0.29, 0.717) is 23.9 Å². The van der Waals surface area contributed by atoms with Gasteiger partial charge in [-0.1, -0.05) is 29.8 Å². The number of hydrogen-bond acceptors (Lipinski definition) is 3. The van der Waals surface area contributed by atoms with Gasteiger partial charge in [0.25, 0.3) is 0 Å². The van der Waals surface area contributed by atoms with Crippen LogP contribution in [-0.2, 0) is 16.6 Å². The summed E-state index contributed by atoms with van der Waals surface area (Å²) < 4.78 is 27.5. The fourth-order valence-electron chi connectivity index (χ4n) is 1.82. The molecule has 0 aliphatic rings. The average Bonchev–Trinajstić information content (AvgIpc) is 2.38. The van der Waals surface area contributed by atoms with Crippen molar-refractivity contribution < 1.29 is 8.42 Å². The van der Waals surface area contributed by atoms with Gasteiger partial charge in [0.1, 0.15) is 0 Å². The molecule has 0 saturated heterocycles. The molecule has 20 heavy (non-hydrogen) atoms. The number of nitrogens with two attached hydrogens (primary N) is 1. The van der Waals surface area contributed by atoms with Crippen LogP contribution in [0, 0.1) is 12.8 Å². The van der Waals surface area contributed by atoms with Crippen LogP contribution in [0.5, 0.6) is 0 Å². The Balaban J connectivity index is 3.18. The van der Waals surface area contributed by atoms with Gasteiger partial charge in [0.05, 0.1) is 4.90 Å². The van der Waals surface area contributed by atoms with Crippen LogP contribution in [0.25, 0.3) is 0 Å². The van der Waals surface area contributed by atoms with Gasteiger partial charge >= 0.3 is 0 Å². The van der Waals surface area contributed by atoms with E-state index in [-0.39, 0.29) is 0 Å². The molecule has 114 valence electrons. The van der Waals surface area contributed by atoms with E-state index < -0.39 is 10.0 Å². The van der Waals surface area contributed by atoms with Crippen molar-refractivity contribution in [1.29, 1.82) is 0 Å². The highest BCUT2D eigenvalue weighted by Crippen LogP contribution is 2.27. The molecular formula is C14H23BrN2O2S. The molecule has 0 radical (unpaired) electrons.